The molecular weight excluding hydrogens is 356 g/mol. The van der Waals surface area contributed by atoms with Gasteiger partial charge in [0.25, 0.3) is 11.8 Å². The zero-order valence-corrected chi connectivity index (χ0v) is 16.3. The lowest BCUT2D eigenvalue weighted by atomic mass is 10.1. The molecule has 3 rings (SSSR count). The highest BCUT2D eigenvalue weighted by Gasteiger charge is 2.18. The fraction of sp³-hybridized carbons (Fsp3) is 0.364. The Morgan fingerprint density at radius 1 is 0.929 bits per heavy atom. The molecule has 28 heavy (non-hydrogen) atoms. The lowest BCUT2D eigenvalue weighted by Gasteiger charge is -2.13. The van der Waals surface area contributed by atoms with E-state index in [4.69, 9.17) is 9.47 Å². The summed E-state index contributed by atoms with van der Waals surface area (Å²) in [4.78, 5) is 24.9. The monoisotopic (exact) mass is 382 g/mol. The van der Waals surface area contributed by atoms with Crippen LogP contribution in [0.2, 0.25) is 0 Å². The fourth-order valence-corrected chi connectivity index (χ4v) is 3.42. The number of nitrogens with one attached hydrogen (secondary N) is 2. The van der Waals surface area contributed by atoms with E-state index >= 15 is 0 Å². The predicted molar refractivity (Wildman–Crippen MR) is 107 cm³/mol. The first-order valence-electron chi connectivity index (χ1n) is 9.50. The van der Waals surface area contributed by atoms with Crippen molar-refractivity contribution in [1.29, 1.82) is 0 Å². The van der Waals surface area contributed by atoms with E-state index in [0.29, 0.717) is 29.2 Å². The summed E-state index contributed by atoms with van der Waals surface area (Å²) in [6.07, 6.45) is 4.36. The van der Waals surface area contributed by atoms with Gasteiger partial charge in [-0.2, -0.15) is 0 Å². The van der Waals surface area contributed by atoms with Crippen LogP contribution in [0.3, 0.4) is 0 Å². The van der Waals surface area contributed by atoms with Crippen LogP contribution in [0.15, 0.2) is 42.5 Å². The molecule has 0 saturated heterocycles. The lowest BCUT2D eigenvalue weighted by molar-refractivity contribution is 0.0938. The molecule has 2 aromatic carbocycles. The summed E-state index contributed by atoms with van der Waals surface area (Å²) in [5, 5.41) is 5.92. The molecule has 0 unspecified atom stereocenters. The van der Waals surface area contributed by atoms with Gasteiger partial charge in [-0.15, -0.1) is 0 Å². The van der Waals surface area contributed by atoms with Crippen LogP contribution in [0.4, 0.5) is 0 Å². The molecule has 0 atom stereocenters. The molecule has 6 nitrogen and oxygen atoms in total. The third-order valence-corrected chi connectivity index (χ3v) is 4.98. The SMILES string of the molecule is COc1ccc(CNC(=O)c2cccc(C(=O)NC3CCCC3)c2)cc1OC. The first-order valence-corrected chi connectivity index (χ1v) is 9.50. The van der Waals surface area contributed by atoms with Crippen molar-refractivity contribution in [3.05, 3.63) is 59.2 Å². The Morgan fingerprint density at radius 3 is 2.29 bits per heavy atom. The number of rotatable bonds is 7. The molecule has 1 fully saturated rings. The van der Waals surface area contributed by atoms with Gasteiger partial charge in [-0.25, -0.2) is 0 Å². The summed E-state index contributed by atoms with van der Waals surface area (Å²) >= 11 is 0. The molecular formula is C22H26N2O4. The number of ether oxygens (including phenoxy) is 2. The van der Waals surface area contributed by atoms with Gasteiger partial charge in [0, 0.05) is 23.7 Å². The van der Waals surface area contributed by atoms with Crippen molar-refractivity contribution in [3.63, 3.8) is 0 Å². The van der Waals surface area contributed by atoms with E-state index in [0.717, 1.165) is 31.2 Å². The molecule has 6 heteroatoms. The Kier molecular flexibility index (Phi) is 6.53. The Labute approximate surface area is 165 Å². The van der Waals surface area contributed by atoms with E-state index < -0.39 is 0 Å². The average molecular weight is 382 g/mol. The maximum absolute atomic E-state index is 12.5. The maximum Gasteiger partial charge on any atom is 0.251 e. The first-order chi connectivity index (χ1) is 13.6. The van der Waals surface area contributed by atoms with Gasteiger partial charge in [0.1, 0.15) is 0 Å². The number of amides is 2. The second kappa shape index (κ2) is 9.26. The summed E-state index contributed by atoms with van der Waals surface area (Å²) in [6.45, 7) is 0.345. The topological polar surface area (TPSA) is 76.7 Å². The lowest BCUT2D eigenvalue weighted by Crippen LogP contribution is -2.32. The van der Waals surface area contributed by atoms with Gasteiger partial charge < -0.3 is 20.1 Å². The molecule has 1 aliphatic rings. The number of hydrogen-bond donors (Lipinski definition) is 2. The van der Waals surface area contributed by atoms with Crippen molar-refractivity contribution in [2.75, 3.05) is 14.2 Å². The standard InChI is InChI=1S/C22H26N2O4/c1-27-19-11-10-15(12-20(19)28-2)14-23-21(25)16-6-5-7-17(13-16)22(26)24-18-8-3-4-9-18/h5-7,10-13,18H,3-4,8-9,14H2,1-2H3,(H,23,25)(H,24,26). The molecule has 0 radical (unpaired) electrons. The number of carbonyl (C=O) groups is 2. The predicted octanol–water partition coefficient (Wildman–Crippen LogP) is 3.31. The average Bonchev–Trinajstić information content (AvgIpc) is 3.24. The van der Waals surface area contributed by atoms with Crippen molar-refractivity contribution in [2.45, 2.75) is 38.3 Å². The highest BCUT2D eigenvalue weighted by atomic mass is 16.5. The number of methoxy groups -OCH3 is 2. The zero-order valence-electron chi connectivity index (χ0n) is 16.3. The molecule has 2 amide bonds. The Morgan fingerprint density at radius 2 is 1.61 bits per heavy atom. The van der Waals surface area contributed by atoms with E-state index in [1.54, 1.807) is 44.6 Å². The minimum atomic E-state index is -0.231. The number of benzene rings is 2. The maximum atomic E-state index is 12.5. The van der Waals surface area contributed by atoms with Crippen molar-refractivity contribution in [3.8, 4) is 11.5 Å². The largest absolute Gasteiger partial charge is 0.493 e. The van der Waals surface area contributed by atoms with Gasteiger partial charge in [0.2, 0.25) is 0 Å². The van der Waals surface area contributed by atoms with E-state index in [9.17, 15) is 9.59 Å². The molecule has 2 aromatic rings. The third-order valence-electron chi connectivity index (χ3n) is 4.98. The molecule has 2 N–H and O–H groups in total. The molecule has 1 saturated carbocycles. The van der Waals surface area contributed by atoms with Gasteiger partial charge >= 0.3 is 0 Å². The van der Waals surface area contributed by atoms with E-state index in [-0.39, 0.29) is 17.9 Å². The molecule has 0 heterocycles. The van der Waals surface area contributed by atoms with E-state index in [1.165, 1.54) is 0 Å². The Hall–Kier alpha value is -3.02. The van der Waals surface area contributed by atoms with Gasteiger partial charge in [-0.05, 0) is 48.7 Å². The molecule has 1 aliphatic carbocycles. The van der Waals surface area contributed by atoms with Crippen LogP contribution in [-0.2, 0) is 6.54 Å². The van der Waals surface area contributed by atoms with Gasteiger partial charge in [0.05, 0.1) is 14.2 Å². The summed E-state index contributed by atoms with van der Waals surface area (Å²) in [5.41, 5.74) is 1.85. The van der Waals surface area contributed by atoms with Crippen LogP contribution in [0, 0.1) is 0 Å². The van der Waals surface area contributed by atoms with Crippen LogP contribution in [0.1, 0.15) is 52.0 Å². The molecule has 0 bridgehead atoms. The van der Waals surface area contributed by atoms with E-state index in [2.05, 4.69) is 10.6 Å². The minimum absolute atomic E-state index is 0.124. The smallest absolute Gasteiger partial charge is 0.251 e. The van der Waals surface area contributed by atoms with Crippen molar-refractivity contribution in [1.82, 2.24) is 10.6 Å². The molecule has 148 valence electrons. The second-order valence-electron chi connectivity index (χ2n) is 6.91. The van der Waals surface area contributed by atoms with Crippen LogP contribution < -0.4 is 20.1 Å². The van der Waals surface area contributed by atoms with Crippen molar-refractivity contribution < 1.29 is 19.1 Å². The van der Waals surface area contributed by atoms with Crippen LogP contribution in [-0.4, -0.2) is 32.1 Å². The molecule has 0 aliphatic heterocycles. The number of hydrogen-bond acceptors (Lipinski definition) is 4. The summed E-state index contributed by atoms with van der Waals surface area (Å²) < 4.78 is 10.5. The molecule has 0 spiro atoms. The Balaban J connectivity index is 1.62. The minimum Gasteiger partial charge on any atom is -0.493 e. The Bertz CT molecular complexity index is 844. The zero-order chi connectivity index (χ0) is 19.9. The highest BCUT2D eigenvalue weighted by molar-refractivity contribution is 5.99. The van der Waals surface area contributed by atoms with Gasteiger partial charge in [0.15, 0.2) is 11.5 Å². The normalized spacial score (nSPS) is 13.8. The van der Waals surface area contributed by atoms with E-state index in [1.807, 2.05) is 12.1 Å². The van der Waals surface area contributed by atoms with Crippen molar-refractivity contribution >= 4 is 11.8 Å². The van der Waals surface area contributed by atoms with Crippen LogP contribution >= 0.6 is 0 Å². The highest BCUT2D eigenvalue weighted by Crippen LogP contribution is 2.27. The fourth-order valence-electron chi connectivity index (χ4n) is 3.42. The molecule has 0 aromatic heterocycles. The first kappa shape index (κ1) is 19.7. The third kappa shape index (κ3) is 4.82. The second-order valence-corrected chi connectivity index (χ2v) is 6.91. The summed E-state index contributed by atoms with van der Waals surface area (Å²) in [6, 6.07) is 12.5. The van der Waals surface area contributed by atoms with Gasteiger partial charge in [-0.3, -0.25) is 9.59 Å². The van der Waals surface area contributed by atoms with Crippen molar-refractivity contribution in [2.24, 2.45) is 0 Å². The quantitative estimate of drug-likeness (QED) is 0.770. The number of carbonyl (C=O) groups excluding carboxylic acids is 2. The van der Waals surface area contributed by atoms with Crippen LogP contribution in [0.25, 0.3) is 0 Å². The van der Waals surface area contributed by atoms with Gasteiger partial charge in [-0.1, -0.05) is 25.0 Å². The van der Waals surface area contributed by atoms with Crippen LogP contribution in [0.5, 0.6) is 11.5 Å². The summed E-state index contributed by atoms with van der Waals surface area (Å²) in [5.74, 6) is 0.894. The summed E-state index contributed by atoms with van der Waals surface area (Å²) in [7, 11) is 3.15.